The van der Waals surface area contributed by atoms with Crippen LogP contribution in [0.15, 0.2) is 41.6 Å². The zero-order chi connectivity index (χ0) is 12.8. The Balaban J connectivity index is 0.000000686. The molecule has 0 saturated heterocycles. The number of aryl methyl sites for hydroxylation is 1. The lowest BCUT2D eigenvalue weighted by Gasteiger charge is -2.05. The summed E-state index contributed by atoms with van der Waals surface area (Å²) in [5.74, 6) is -0.323. The minimum absolute atomic E-state index is 0.277. The van der Waals surface area contributed by atoms with Crippen LogP contribution in [0.5, 0.6) is 0 Å². The molecule has 0 amide bonds. The number of hydrogen-bond acceptors (Lipinski definition) is 2. The Morgan fingerprint density at radius 2 is 2.00 bits per heavy atom. The quantitative estimate of drug-likeness (QED) is 0.760. The van der Waals surface area contributed by atoms with E-state index < -0.39 is 0 Å². The van der Waals surface area contributed by atoms with Gasteiger partial charge < -0.3 is 0 Å². The average molecular weight is 234 g/mol. The lowest BCUT2D eigenvalue weighted by atomic mass is 10.2. The molecule has 2 rings (SSSR count). The Morgan fingerprint density at radius 3 is 2.59 bits per heavy atom. The van der Waals surface area contributed by atoms with E-state index in [1.165, 1.54) is 29.2 Å². The van der Waals surface area contributed by atoms with Crippen LogP contribution in [-0.2, 0) is 0 Å². The molecule has 90 valence electrons. The fraction of sp³-hybridized carbons (Fsp3) is 0.231. The van der Waals surface area contributed by atoms with Crippen LogP contribution in [0.1, 0.15) is 19.4 Å². The highest BCUT2D eigenvalue weighted by molar-refractivity contribution is 5.35. The molecule has 4 heteroatoms. The Kier molecular flexibility index (Phi) is 4.57. The van der Waals surface area contributed by atoms with E-state index in [-0.39, 0.29) is 11.4 Å². The summed E-state index contributed by atoms with van der Waals surface area (Å²) in [7, 11) is 0. The SMILES string of the molecule is CC.Cc1ccc(-n2ccncc2=O)cc1F. The van der Waals surface area contributed by atoms with Gasteiger partial charge in [-0.05, 0) is 24.6 Å². The van der Waals surface area contributed by atoms with Crippen molar-refractivity contribution in [3.8, 4) is 5.69 Å². The molecule has 0 aliphatic carbocycles. The summed E-state index contributed by atoms with van der Waals surface area (Å²) in [4.78, 5) is 15.1. The van der Waals surface area contributed by atoms with Crippen molar-refractivity contribution in [1.82, 2.24) is 9.55 Å². The van der Waals surface area contributed by atoms with Crippen LogP contribution >= 0.6 is 0 Å². The lowest BCUT2D eigenvalue weighted by Crippen LogP contribution is -2.16. The third-order valence-corrected chi connectivity index (χ3v) is 2.16. The van der Waals surface area contributed by atoms with Gasteiger partial charge in [-0.3, -0.25) is 14.3 Å². The maximum absolute atomic E-state index is 13.3. The van der Waals surface area contributed by atoms with Gasteiger partial charge in [0.2, 0.25) is 0 Å². The van der Waals surface area contributed by atoms with Gasteiger partial charge in [0, 0.05) is 12.4 Å². The molecule has 0 aliphatic heterocycles. The summed E-state index contributed by atoms with van der Waals surface area (Å²) < 4.78 is 14.6. The molecule has 0 radical (unpaired) electrons. The van der Waals surface area contributed by atoms with Crippen molar-refractivity contribution in [3.63, 3.8) is 0 Å². The van der Waals surface area contributed by atoms with E-state index in [1.54, 1.807) is 19.1 Å². The van der Waals surface area contributed by atoms with Crippen LogP contribution in [0.4, 0.5) is 4.39 Å². The summed E-state index contributed by atoms with van der Waals surface area (Å²) in [5.41, 5.74) is 0.784. The molecular weight excluding hydrogens is 219 g/mol. The highest BCUT2D eigenvalue weighted by Gasteiger charge is 2.02. The van der Waals surface area contributed by atoms with Crippen LogP contribution in [-0.4, -0.2) is 9.55 Å². The van der Waals surface area contributed by atoms with Gasteiger partial charge >= 0.3 is 0 Å². The van der Waals surface area contributed by atoms with Crippen LogP contribution in [0.3, 0.4) is 0 Å². The second kappa shape index (κ2) is 5.94. The molecule has 0 spiro atoms. The number of rotatable bonds is 1. The Labute approximate surface area is 99.6 Å². The van der Waals surface area contributed by atoms with Gasteiger partial charge in [0.05, 0.1) is 11.9 Å². The molecule has 0 atom stereocenters. The van der Waals surface area contributed by atoms with Gasteiger partial charge in [-0.1, -0.05) is 19.9 Å². The van der Waals surface area contributed by atoms with Gasteiger partial charge in [-0.25, -0.2) is 4.39 Å². The summed E-state index contributed by atoms with van der Waals surface area (Å²) >= 11 is 0. The molecule has 0 unspecified atom stereocenters. The van der Waals surface area contributed by atoms with E-state index in [0.29, 0.717) is 11.3 Å². The van der Waals surface area contributed by atoms with Gasteiger partial charge in [0.25, 0.3) is 5.56 Å². The molecular formula is C13H15FN2O. The van der Waals surface area contributed by atoms with E-state index >= 15 is 0 Å². The minimum atomic E-state index is -0.323. The summed E-state index contributed by atoms with van der Waals surface area (Å²) in [6.45, 7) is 5.68. The molecule has 0 aliphatic rings. The number of aromatic nitrogens is 2. The largest absolute Gasteiger partial charge is 0.281 e. The van der Waals surface area contributed by atoms with E-state index in [2.05, 4.69) is 4.98 Å². The van der Waals surface area contributed by atoms with Crippen molar-refractivity contribution in [3.05, 3.63) is 58.5 Å². The van der Waals surface area contributed by atoms with Crippen molar-refractivity contribution < 1.29 is 4.39 Å². The second-order valence-corrected chi connectivity index (χ2v) is 3.22. The van der Waals surface area contributed by atoms with Crippen LogP contribution < -0.4 is 5.56 Å². The Hall–Kier alpha value is -1.97. The van der Waals surface area contributed by atoms with Crippen molar-refractivity contribution in [2.24, 2.45) is 0 Å². The lowest BCUT2D eigenvalue weighted by molar-refractivity contribution is 0.617. The van der Waals surface area contributed by atoms with Crippen LogP contribution in [0, 0.1) is 12.7 Å². The monoisotopic (exact) mass is 234 g/mol. The number of benzene rings is 1. The summed E-state index contributed by atoms with van der Waals surface area (Å²) in [5, 5.41) is 0. The molecule has 0 fully saturated rings. The average Bonchev–Trinajstić information content (AvgIpc) is 2.36. The fourth-order valence-electron chi connectivity index (χ4n) is 1.29. The summed E-state index contributed by atoms with van der Waals surface area (Å²) in [6.07, 6.45) is 4.18. The maximum Gasteiger partial charge on any atom is 0.273 e. The van der Waals surface area contributed by atoms with E-state index in [4.69, 9.17) is 0 Å². The standard InChI is InChI=1S/C11H9FN2O.C2H6/c1-8-2-3-9(6-10(8)12)14-5-4-13-7-11(14)15;1-2/h2-7H,1H3;1-2H3. The predicted octanol–water partition coefficient (Wildman–Crippen LogP) is 2.71. The van der Waals surface area contributed by atoms with Gasteiger partial charge in [0.15, 0.2) is 0 Å². The molecule has 0 bridgehead atoms. The first-order valence-electron chi connectivity index (χ1n) is 5.47. The normalized spacial score (nSPS) is 9.41. The van der Waals surface area contributed by atoms with E-state index in [0.717, 1.165) is 0 Å². The third kappa shape index (κ3) is 3.00. The van der Waals surface area contributed by atoms with E-state index in [1.807, 2.05) is 13.8 Å². The molecule has 1 aromatic heterocycles. The predicted molar refractivity (Wildman–Crippen MR) is 65.9 cm³/mol. The zero-order valence-corrected chi connectivity index (χ0v) is 10.1. The molecule has 0 saturated carbocycles. The highest BCUT2D eigenvalue weighted by Crippen LogP contribution is 2.11. The Bertz CT molecular complexity index is 549. The van der Waals surface area contributed by atoms with Crippen molar-refractivity contribution >= 4 is 0 Å². The molecule has 2 aromatic rings. The molecule has 3 nitrogen and oxygen atoms in total. The fourth-order valence-corrected chi connectivity index (χ4v) is 1.29. The van der Waals surface area contributed by atoms with Gasteiger partial charge in [0.1, 0.15) is 5.82 Å². The first-order valence-corrected chi connectivity index (χ1v) is 5.47. The zero-order valence-electron chi connectivity index (χ0n) is 10.1. The second-order valence-electron chi connectivity index (χ2n) is 3.22. The van der Waals surface area contributed by atoms with Crippen LogP contribution in [0.2, 0.25) is 0 Å². The van der Waals surface area contributed by atoms with Crippen molar-refractivity contribution in [1.29, 1.82) is 0 Å². The molecule has 1 aromatic carbocycles. The first-order chi connectivity index (χ1) is 8.18. The molecule has 1 heterocycles. The highest BCUT2D eigenvalue weighted by atomic mass is 19.1. The van der Waals surface area contributed by atoms with Crippen molar-refractivity contribution in [2.45, 2.75) is 20.8 Å². The third-order valence-electron chi connectivity index (χ3n) is 2.16. The van der Waals surface area contributed by atoms with Crippen LogP contribution in [0.25, 0.3) is 5.69 Å². The molecule has 0 N–H and O–H groups in total. The number of nitrogens with zero attached hydrogens (tertiary/aromatic N) is 2. The van der Waals surface area contributed by atoms with Gasteiger partial charge in [-0.2, -0.15) is 0 Å². The molecule has 17 heavy (non-hydrogen) atoms. The van der Waals surface area contributed by atoms with Gasteiger partial charge in [-0.15, -0.1) is 0 Å². The topological polar surface area (TPSA) is 34.9 Å². The van der Waals surface area contributed by atoms with Crippen molar-refractivity contribution in [2.75, 3.05) is 0 Å². The van der Waals surface area contributed by atoms with E-state index in [9.17, 15) is 9.18 Å². The Morgan fingerprint density at radius 1 is 1.29 bits per heavy atom. The maximum atomic E-state index is 13.3. The number of hydrogen-bond donors (Lipinski definition) is 0. The minimum Gasteiger partial charge on any atom is -0.281 e. The first kappa shape index (κ1) is 13.1. The smallest absolute Gasteiger partial charge is 0.273 e. The number of halogens is 1. The summed E-state index contributed by atoms with van der Waals surface area (Å²) in [6, 6.07) is 4.66.